The van der Waals surface area contributed by atoms with Crippen LogP contribution in [0, 0.1) is 0 Å². The molecule has 0 bridgehead atoms. The molecule has 3 aromatic rings. The zero-order valence-electron chi connectivity index (χ0n) is 14.6. The predicted octanol–water partition coefficient (Wildman–Crippen LogP) is 2.83. The summed E-state index contributed by atoms with van der Waals surface area (Å²) in [4.78, 5) is 25.8. The van der Waals surface area contributed by atoms with Crippen LogP contribution in [0.3, 0.4) is 0 Å². The minimum absolute atomic E-state index is 0.0102. The van der Waals surface area contributed by atoms with Crippen molar-refractivity contribution in [2.45, 2.75) is 25.3 Å². The van der Waals surface area contributed by atoms with Gasteiger partial charge in [-0.3, -0.25) is 4.79 Å². The average molecular weight is 381 g/mol. The lowest BCUT2D eigenvalue weighted by atomic mass is 10.2. The largest absolute Gasteiger partial charge is 0.396 e. The van der Waals surface area contributed by atoms with Crippen LogP contribution in [0.15, 0.2) is 42.7 Å². The van der Waals surface area contributed by atoms with Crippen molar-refractivity contribution >= 4 is 28.9 Å². The van der Waals surface area contributed by atoms with E-state index in [0.29, 0.717) is 24.5 Å². The third kappa shape index (κ3) is 4.12. The summed E-state index contributed by atoms with van der Waals surface area (Å²) < 4.78 is 0. The molecule has 4 rings (SSSR count). The van der Waals surface area contributed by atoms with Crippen LogP contribution in [0.25, 0.3) is 10.6 Å². The van der Waals surface area contributed by atoms with Gasteiger partial charge in [0.15, 0.2) is 0 Å². The molecule has 3 aromatic heterocycles. The van der Waals surface area contributed by atoms with Gasteiger partial charge in [-0.2, -0.15) is 0 Å². The Morgan fingerprint density at radius 3 is 3.00 bits per heavy atom. The standard InChI is InChI=1S/C19H19N5O2S/c25-9-7-12-6-8-20-17(10-12)24-16-3-1-2-13(22-16)15-11-21-19(27-15)14-4-5-18(26)23-14/h1-3,6,8,10-11,14,25H,4-5,7,9H2,(H,23,26)(H,20,22,24). The summed E-state index contributed by atoms with van der Waals surface area (Å²) in [6, 6.07) is 9.54. The maximum atomic E-state index is 11.4. The molecule has 0 aromatic carbocycles. The van der Waals surface area contributed by atoms with Gasteiger partial charge in [0.25, 0.3) is 0 Å². The molecule has 0 aliphatic carbocycles. The van der Waals surface area contributed by atoms with Crippen molar-refractivity contribution in [1.29, 1.82) is 0 Å². The van der Waals surface area contributed by atoms with E-state index in [0.717, 1.165) is 27.6 Å². The van der Waals surface area contributed by atoms with Crippen molar-refractivity contribution in [3.8, 4) is 10.6 Å². The first-order valence-electron chi connectivity index (χ1n) is 8.76. The molecule has 3 N–H and O–H groups in total. The van der Waals surface area contributed by atoms with Gasteiger partial charge in [-0.15, -0.1) is 11.3 Å². The number of nitrogens with zero attached hydrogens (tertiary/aromatic N) is 3. The van der Waals surface area contributed by atoms with Crippen molar-refractivity contribution < 1.29 is 9.90 Å². The quantitative estimate of drug-likeness (QED) is 0.607. The van der Waals surface area contributed by atoms with Crippen LogP contribution in [-0.4, -0.2) is 32.6 Å². The Labute approximate surface area is 160 Å². The Kier molecular flexibility index (Phi) is 5.08. The van der Waals surface area contributed by atoms with Gasteiger partial charge in [-0.25, -0.2) is 15.0 Å². The first-order chi connectivity index (χ1) is 13.2. The molecule has 4 heterocycles. The number of aromatic nitrogens is 3. The van der Waals surface area contributed by atoms with Crippen molar-refractivity contribution in [3.63, 3.8) is 0 Å². The lowest BCUT2D eigenvalue weighted by molar-refractivity contribution is -0.119. The Bertz CT molecular complexity index is 959. The summed E-state index contributed by atoms with van der Waals surface area (Å²) in [5, 5.41) is 16.1. The van der Waals surface area contributed by atoms with Crippen LogP contribution in [-0.2, 0) is 11.2 Å². The highest BCUT2D eigenvalue weighted by Gasteiger charge is 2.25. The molecular formula is C19H19N5O2S. The molecule has 1 aliphatic heterocycles. The van der Waals surface area contributed by atoms with E-state index < -0.39 is 0 Å². The minimum atomic E-state index is 0.0102. The Balaban J connectivity index is 1.52. The monoisotopic (exact) mass is 381 g/mol. The minimum Gasteiger partial charge on any atom is -0.396 e. The molecule has 1 fully saturated rings. The summed E-state index contributed by atoms with van der Waals surface area (Å²) >= 11 is 1.55. The van der Waals surface area contributed by atoms with E-state index >= 15 is 0 Å². The molecule has 0 saturated carbocycles. The van der Waals surface area contributed by atoms with E-state index in [1.165, 1.54) is 0 Å². The molecule has 27 heavy (non-hydrogen) atoms. The van der Waals surface area contributed by atoms with Crippen molar-refractivity contribution in [3.05, 3.63) is 53.3 Å². The number of anilines is 2. The summed E-state index contributed by atoms with van der Waals surface area (Å²) in [5.41, 5.74) is 1.83. The Morgan fingerprint density at radius 2 is 2.19 bits per heavy atom. The number of carbonyl (C=O) groups is 1. The average Bonchev–Trinajstić information content (AvgIpc) is 3.32. The number of aliphatic hydroxyl groups excluding tert-OH is 1. The number of hydrogen-bond donors (Lipinski definition) is 3. The van der Waals surface area contributed by atoms with Crippen LogP contribution in [0.4, 0.5) is 11.6 Å². The van der Waals surface area contributed by atoms with E-state index in [-0.39, 0.29) is 18.6 Å². The number of pyridine rings is 2. The third-order valence-corrected chi connectivity index (χ3v) is 5.43. The molecular weight excluding hydrogens is 362 g/mol. The Morgan fingerprint density at radius 1 is 1.26 bits per heavy atom. The van der Waals surface area contributed by atoms with E-state index in [4.69, 9.17) is 5.11 Å². The first-order valence-corrected chi connectivity index (χ1v) is 9.58. The second-order valence-corrected chi connectivity index (χ2v) is 7.34. The van der Waals surface area contributed by atoms with Gasteiger partial charge < -0.3 is 15.7 Å². The van der Waals surface area contributed by atoms with E-state index in [9.17, 15) is 4.79 Å². The molecule has 1 unspecified atom stereocenters. The number of hydrogen-bond acceptors (Lipinski definition) is 7. The van der Waals surface area contributed by atoms with Crippen LogP contribution in [0.5, 0.6) is 0 Å². The summed E-state index contributed by atoms with van der Waals surface area (Å²) in [6.07, 6.45) is 5.45. The fourth-order valence-electron chi connectivity index (χ4n) is 2.97. The SMILES string of the molecule is O=C1CCC(c2ncc(-c3cccc(Nc4cc(CCO)ccn4)n3)s2)N1. The maximum Gasteiger partial charge on any atom is 0.220 e. The number of rotatable bonds is 6. The first kappa shape index (κ1) is 17.6. The normalized spacial score (nSPS) is 16.3. The topological polar surface area (TPSA) is 100 Å². The van der Waals surface area contributed by atoms with Gasteiger partial charge >= 0.3 is 0 Å². The predicted molar refractivity (Wildman–Crippen MR) is 104 cm³/mol. The highest BCUT2D eigenvalue weighted by molar-refractivity contribution is 7.15. The van der Waals surface area contributed by atoms with E-state index in [2.05, 4.69) is 25.6 Å². The molecule has 0 spiro atoms. The number of amides is 1. The lowest BCUT2D eigenvalue weighted by Gasteiger charge is -2.07. The smallest absolute Gasteiger partial charge is 0.220 e. The van der Waals surface area contributed by atoms with Gasteiger partial charge in [0, 0.05) is 25.4 Å². The molecule has 138 valence electrons. The van der Waals surface area contributed by atoms with Crippen LogP contribution < -0.4 is 10.6 Å². The van der Waals surface area contributed by atoms with Crippen molar-refractivity contribution in [1.82, 2.24) is 20.3 Å². The number of carbonyl (C=O) groups excluding carboxylic acids is 1. The number of aliphatic hydroxyl groups is 1. The van der Waals surface area contributed by atoms with Gasteiger partial charge in [0.1, 0.15) is 16.6 Å². The zero-order chi connectivity index (χ0) is 18.6. The van der Waals surface area contributed by atoms with Gasteiger partial charge in [0.05, 0.1) is 16.6 Å². The zero-order valence-corrected chi connectivity index (χ0v) is 15.4. The summed E-state index contributed by atoms with van der Waals surface area (Å²) in [6.45, 7) is 0.104. The van der Waals surface area contributed by atoms with Crippen LogP contribution >= 0.6 is 11.3 Å². The molecule has 8 heteroatoms. The molecule has 1 amide bonds. The molecule has 7 nitrogen and oxygen atoms in total. The molecule has 1 atom stereocenters. The lowest BCUT2D eigenvalue weighted by Crippen LogP contribution is -2.17. The van der Waals surface area contributed by atoms with Gasteiger partial charge in [-0.05, 0) is 42.7 Å². The second kappa shape index (κ2) is 7.81. The fourth-order valence-corrected chi connectivity index (χ4v) is 3.94. The molecule has 0 radical (unpaired) electrons. The van der Waals surface area contributed by atoms with Gasteiger partial charge in [0.2, 0.25) is 5.91 Å². The number of thiazole rings is 1. The van der Waals surface area contributed by atoms with Crippen LogP contribution in [0.1, 0.15) is 29.5 Å². The summed E-state index contributed by atoms with van der Waals surface area (Å²) in [7, 11) is 0. The maximum absolute atomic E-state index is 11.4. The second-order valence-electron chi connectivity index (χ2n) is 6.28. The van der Waals surface area contributed by atoms with Crippen LogP contribution in [0.2, 0.25) is 0 Å². The van der Waals surface area contributed by atoms with E-state index in [1.807, 2.05) is 30.3 Å². The van der Waals surface area contributed by atoms with Gasteiger partial charge in [-0.1, -0.05) is 6.07 Å². The fraction of sp³-hybridized carbons (Fsp3) is 0.263. The molecule has 1 aliphatic rings. The van der Waals surface area contributed by atoms with E-state index in [1.54, 1.807) is 23.7 Å². The summed E-state index contributed by atoms with van der Waals surface area (Å²) in [5.74, 6) is 1.45. The number of nitrogens with one attached hydrogen (secondary N) is 2. The third-order valence-electron chi connectivity index (χ3n) is 4.30. The highest BCUT2D eigenvalue weighted by Crippen LogP contribution is 2.32. The van der Waals surface area contributed by atoms with Crippen molar-refractivity contribution in [2.24, 2.45) is 0 Å². The molecule has 1 saturated heterocycles. The van der Waals surface area contributed by atoms with Crippen molar-refractivity contribution in [2.75, 3.05) is 11.9 Å². The highest BCUT2D eigenvalue weighted by atomic mass is 32.1. The Hall–Kier alpha value is -2.84.